The van der Waals surface area contributed by atoms with Gasteiger partial charge in [-0.05, 0) is 31.2 Å². The van der Waals surface area contributed by atoms with Gasteiger partial charge in [0, 0.05) is 17.8 Å². The zero-order valence-electron chi connectivity index (χ0n) is 17.3. The molecule has 4 rings (SSSR count). The normalized spacial score (nSPS) is 11.4. The Hall–Kier alpha value is -4.21. The Labute approximate surface area is 185 Å². The van der Waals surface area contributed by atoms with E-state index in [2.05, 4.69) is 15.5 Å². The standard InChI is InChI=1S/C23H17F3N4O3/c1-14-5-4-6-15(11-14)21-28-22(33-29-21)16-9-10-20(32)30(12-16)13-19(31)27-18-8-3-2-7-17(18)23(24,25)26/h2-12H,13H2,1H3,(H,27,31). The molecule has 0 radical (unpaired) electrons. The molecule has 0 aliphatic rings. The summed E-state index contributed by atoms with van der Waals surface area (Å²) in [5, 5.41) is 6.16. The van der Waals surface area contributed by atoms with E-state index in [-0.39, 0.29) is 11.6 Å². The lowest BCUT2D eigenvalue weighted by atomic mass is 10.1. The van der Waals surface area contributed by atoms with Gasteiger partial charge in [-0.15, -0.1) is 0 Å². The number of anilines is 1. The van der Waals surface area contributed by atoms with Gasteiger partial charge >= 0.3 is 6.18 Å². The fourth-order valence-electron chi connectivity index (χ4n) is 3.21. The molecule has 168 valence electrons. The van der Waals surface area contributed by atoms with Gasteiger partial charge in [0.05, 0.1) is 16.8 Å². The molecule has 0 fully saturated rings. The van der Waals surface area contributed by atoms with Crippen LogP contribution in [-0.4, -0.2) is 20.6 Å². The molecule has 0 saturated carbocycles. The molecule has 0 aliphatic heterocycles. The number of benzene rings is 2. The van der Waals surface area contributed by atoms with Crippen LogP contribution >= 0.6 is 0 Å². The predicted molar refractivity (Wildman–Crippen MR) is 114 cm³/mol. The number of pyridine rings is 1. The van der Waals surface area contributed by atoms with Crippen LogP contribution in [0.15, 0.2) is 76.2 Å². The first-order chi connectivity index (χ1) is 15.7. The van der Waals surface area contributed by atoms with Gasteiger partial charge in [-0.3, -0.25) is 9.59 Å². The minimum Gasteiger partial charge on any atom is -0.334 e. The van der Waals surface area contributed by atoms with Crippen LogP contribution in [-0.2, 0) is 17.5 Å². The third kappa shape index (κ3) is 5.00. The first-order valence-electron chi connectivity index (χ1n) is 9.78. The molecule has 1 amide bonds. The van der Waals surface area contributed by atoms with E-state index in [4.69, 9.17) is 4.52 Å². The maximum absolute atomic E-state index is 13.1. The molecule has 4 aromatic rings. The van der Waals surface area contributed by atoms with Gasteiger partial charge in [-0.25, -0.2) is 0 Å². The molecule has 7 nitrogen and oxygen atoms in total. The van der Waals surface area contributed by atoms with Crippen LogP contribution in [0.2, 0.25) is 0 Å². The molecule has 0 spiro atoms. The van der Waals surface area contributed by atoms with E-state index in [0.29, 0.717) is 11.4 Å². The Morgan fingerprint density at radius 1 is 1.06 bits per heavy atom. The van der Waals surface area contributed by atoms with Crippen LogP contribution in [0.1, 0.15) is 11.1 Å². The highest BCUT2D eigenvalue weighted by atomic mass is 19.4. The van der Waals surface area contributed by atoms with Crippen LogP contribution in [0.4, 0.5) is 18.9 Å². The van der Waals surface area contributed by atoms with Crippen molar-refractivity contribution in [3.05, 3.63) is 88.3 Å². The van der Waals surface area contributed by atoms with Gasteiger partial charge in [0.15, 0.2) is 0 Å². The number of halogens is 3. The molecular formula is C23H17F3N4O3. The zero-order chi connectivity index (χ0) is 23.6. The fourth-order valence-corrected chi connectivity index (χ4v) is 3.21. The maximum atomic E-state index is 13.1. The Morgan fingerprint density at radius 2 is 1.85 bits per heavy atom. The van der Waals surface area contributed by atoms with Crippen LogP contribution in [0.5, 0.6) is 0 Å². The molecule has 0 aliphatic carbocycles. The number of carbonyl (C=O) groups excluding carboxylic acids is 1. The summed E-state index contributed by atoms with van der Waals surface area (Å²) in [6.45, 7) is 1.43. The Kier molecular flexibility index (Phi) is 5.82. The van der Waals surface area contributed by atoms with Gasteiger partial charge < -0.3 is 14.4 Å². The van der Waals surface area contributed by atoms with Crippen molar-refractivity contribution in [2.75, 3.05) is 5.32 Å². The van der Waals surface area contributed by atoms with E-state index in [9.17, 15) is 22.8 Å². The molecule has 0 saturated heterocycles. The van der Waals surface area contributed by atoms with Crippen LogP contribution in [0.25, 0.3) is 22.8 Å². The molecule has 2 aromatic heterocycles. The van der Waals surface area contributed by atoms with Gasteiger partial charge in [-0.2, -0.15) is 18.2 Å². The lowest BCUT2D eigenvalue weighted by molar-refractivity contribution is -0.137. The molecule has 0 atom stereocenters. The summed E-state index contributed by atoms with van der Waals surface area (Å²) in [6.07, 6.45) is -3.29. The number of alkyl halides is 3. The smallest absolute Gasteiger partial charge is 0.334 e. The lowest BCUT2D eigenvalue weighted by Crippen LogP contribution is -2.27. The van der Waals surface area contributed by atoms with Gasteiger partial charge in [0.2, 0.25) is 11.7 Å². The Morgan fingerprint density at radius 3 is 2.61 bits per heavy atom. The second kappa shape index (κ2) is 8.73. The average Bonchev–Trinajstić information content (AvgIpc) is 3.25. The summed E-state index contributed by atoms with van der Waals surface area (Å²) in [6, 6.07) is 14.8. The average molecular weight is 454 g/mol. The monoisotopic (exact) mass is 454 g/mol. The number of nitrogens with one attached hydrogen (secondary N) is 1. The Bertz CT molecular complexity index is 1380. The molecule has 0 bridgehead atoms. The molecule has 2 heterocycles. The first-order valence-corrected chi connectivity index (χ1v) is 9.78. The highest BCUT2D eigenvalue weighted by molar-refractivity contribution is 5.91. The third-order valence-corrected chi connectivity index (χ3v) is 4.75. The third-order valence-electron chi connectivity index (χ3n) is 4.75. The van der Waals surface area contributed by atoms with E-state index >= 15 is 0 Å². The molecule has 10 heteroatoms. The maximum Gasteiger partial charge on any atom is 0.418 e. The van der Waals surface area contributed by atoms with E-state index < -0.39 is 29.8 Å². The largest absolute Gasteiger partial charge is 0.418 e. The van der Waals surface area contributed by atoms with Crippen molar-refractivity contribution in [1.82, 2.24) is 14.7 Å². The number of hydrogen-bond donors (Lipinski definition) is 1. The van der Waals surface area contributed by atoms with Gasteiger partial charge in [0.1, 0.15) is 6.54 Å². The summed E-state index contributed by atoms with van der Waals surface area (Å²) in [5.41, 5.74) is 0.264. The van der Waals surface area contributed by atoms with E-state index in [1.54, 1.807) is 0 Å². The number of amides is 1. The lowest BCUT2D eigenvalue weighted by Gasteiger charge is -2.14. The number of aryl methyl sites for hydroxylation is 1. The van der Waals surface area contributed by atoms with Crippen molar-refractivity contribution in [2.45, 2.75) is 19.6 Å². The summed E-state index contributed by atoms with van der Waals surface area (Å²) < 4.78 is 45.8. The van der Waals surface area contributed by atoms with Gasteiger partial charge in [-0.1, -0.05) is 41.1 Å². The SMILES string of the molecule is Cc1cccc(-c2noc(-c3ccc(=O)n(CC(=O)Nc4ccccc4C(F)(F)F)c3)n2)c1. The minimum atomic E-state index is -4.63. The molecule has 0 unspecified atom stereocenters. The number of aromatic nitrogens is 3. The van der Waals surface area contributed by atoms with Gasteiger partial charge in [0.25, 0.3) is 11.4 Å². The second-order valence-corrected chi connectivity index (χ2v) is 7.27. The van der Waals surface area contributed by atoms with Crippen molar-refractivity contribution >= 4 is 11.6 Å². The minimum absolute atomic E-state index is 0.128. The van der Waals surface area contributed by atoms with E-state index in [1.807, 2.05) is 31.2 Å². The van der Waals surface area contributed by atoms with Crippen molar-refractivity contribution < 1.29 is 22.5 Å². The van der Waals surface area contributed by atoms with E-state index in [0.717, 1.165) is 27.8 Å². The number of rotatable bonds is 5. The zero-order valence-corrected chi connectivity index (χ0v) is 17.3. The second-order valence-electron chi connectivity index (χ2n) is 7.27. The van der Waals surface area contributed by atoms with Crippen LogP contribution < -0.4 is 10.9 Å². The molecule has 1 N–H and O–H groups in total. The fraction of sp³-hybridized carbons (Fsp3) is 0.130. The van der Waals surface area contributed by atoms with Crippen molar-refractivity contribution in [3.8, 4) is 22.8 Å². The van der Waals surface area contributed by atoms with Crippen molar-refractivity contribution in [1.29, 1.82) is 0 Å². The van der Waals surface area contributed by atoms with Crippen LogP contribution in [0, 0.1) is 6.92 Å². The number of nitrogens with zero attached hydrogens (tertiary/aromatic N) is 3. The molecular weight excluding hydrogens is 437 g/mol. The summed E-state index contributed by atoms with van der Waals surface area (Å²) in [7, 11) is 0. The topological polar surface area (TPSA) is 90.0 Å². The highest BCUT2D eigenvalue weighted by Gasteiger charge is 2.33. The van der Waals surface area contributed by atoms with Crippen LogP contribution in [0.3, 0.4) is 0 Å². The summed E-state index contributed by atoms with van der Waals surface area (Å²) in [5.74, 6) is -0.312. The first kappa shape index (κ1) is 22.0. The van der Waals surface area contributed by atoms with Crippen molar-refractivity contribution in [2.24, 2.45) is 0 Å². The number of carbonyl (C=O) groups is 1. The number of hydrogen-bond acceptors (Lipinski definition) is 5. The molecule has 2 aromatic carbocycles. The number of para-hydroxylation sites is 1. The predicted octanol–water partition coefficient (Wildman–Crippen LogP) is 4.53. The highest BCUT2D eigenvalue weighted by Crippen LogP contribution is 2.34. The quantitative estimate of drug-likeness (QED) is 0.479. The molecule has 33 heavy (non-hydrogen) atoms. The van der Waals surface area contributed by atoms with Crippen molar-refractivity contribution in [3.63, 3.8) is 0 Å². The Balaban J connectivity index is 1.56. The summed E-state index contributed by atoms with van der Waals surface area (Å²) in [4.78, 5) is 28.9. The summed E-state index contributed by atoms with van der Waals surface area (Å²) >= 11 is 0. The van der Waals surface area contributed by atoms with E-state index in [1.165, 1.54) is 30.5 Å².